The van der Waals surface area contributed by atoms with Crippen LogP contribution in [0.2, 0.25) is 0 Å². The van der Waals surface area contributed by atoms with E-state index in [1.54, 1.807) is 6.26 Å². The molecule has 1 aromatic rings. The van der Waals surface area contributed by atoms with Crippen molar-refractivity contribution in [3.8, 4) is 0 Å². The van der Waals surface area contributed by atoms with E-state index in [0.29, 0.717) is 13.2 Å². The molecule has 1 heterocycles. The topological polar surface area (TPSA) is 68.0 Å². The highest BCUT2D eigenvalue weighted by Gasteiger charge is 2.20. The number of nitrogens with one attached hydrogen (secondary N) is 2. The first-order valence-electron chi connectivity index (χ1n) is 8.58. The fraction of sp³-hybridized carbons (Fsp3) is 0.706. The van der Waals surface area contributed by atoms with Crippen molar-refractivity contribution in [3.05, 3.63) is 24.2 Å². The van der Waals surface area contributed by atoms with E-state index in [0.717, 1.165) is 56.9 Å². The molecule has 2 rings (SSSR count). The summed E-state index contributed by atoms with van der Waals surface area (Å²) < 4.78 is 16.4. The molecule has 0 bridgehead atoms. The van der Waals surface area contributed by atoms with Gasteiger partial charge in [0.05, 0.1) is 12.9 Å². The number of hydrogen-bond acceptors (Lipinski definition) is 4. The van der Waals surface area contributed by atoms with Gasteiger partial charge in [0, 0.05) is 32.8 Å². The third kappa shape index (κ3) is 10.1. The highest BCUT2D eigenvalue weighted by molar-refractivity contribution is 14.0. The van der Waals surface area contributed by atoms with Gasteiger partial charge in [0.25, 0.3) is 0 Å². The van der Waals surface area contributed by atoms with Crippen molar-refractivity contribution in [1.29, 1.82) is 0 Å². The molecule has 7 heteroatoms. The van der Waals surface area contributed by atoms with Crippen LogP contribution in [0.1, 0.15) is 31.9 Å². The monoisotopic (exact) mass is 451 g/mol. The van der Waals surface area contributed by atoms with Gasteiger partial charge in [-0.05, 0) is 44.2 Å². The molecular weight excluding hydrogens is 421 g/mol. The molecule has 0 atom stereocenters. The Balaban J connectivity index is 0.00000288. The first-order valence-corrected chi connectivity index (χ1v) is 8.58. The van der Waals surface area contributed by atoms with E-state index < -0.39 is 0 Å². The Hall–Kier alpha value is -0.800. The molecule has 138 valence electrons. The third-order valence-electron chi connectivity index (χ3n) is 3.47. The SMILES string of the molecule is CCNC(=NCCCOCc1ccco1)NCCOCC1CC1.I. The zero-order valence-corrected chi connectivity index (χ0v) is 16.8. The summed E-state index contributed by atoms with van der Waals surface area (Å²) in [5, 5.41) is 6.52. The summed E-state index contributed by atoms with van der Waals surface area (Å²) in [6.07, 6.45) is 5.21. The number of nitrogens with zero attached hydrogens (tertiary/aromatic N) is 1. The second-order valence-electron chi connectivity index (χ2n) is 5.69. The van der Waals surface area contributed by atoms with Gasteiger partial charge in [-0.3, -0.25) is 4.99 Å². The number of hydrogen-bond donors (Lipinski definition) is 2. The molecule has 0 unspecified atom stereocenters. The van der Waals surface area contributed by atoms with E-state index >= 15 is 0 Å². The average Bonchev–Trinajstić information content (AvgIpc) is 3.23. The van der Waals surface area contributed by atoms with Crippen LogP contribution in [0.3, 0.4) is 0 Å². The van der Waals surface area contributed by atoms with Crippen molar-refractivity contribution >= 4 is 29.9 Å². The zero-order chi connectivity index (χ0) is 16.2. The number of ether oxygens (including phenoxy) is 2. The van der Waals surface area contributed by atoms with Crippen molar-refractivity contribution < 1.29 is 13.9 Å². The van der Waals surface area contributed by atoms with Gasteiger partial charge in [0.15, 0.2) is 5.96 Å². The van der Waals surface area contributed by atoms with Crippen LogP contribution >= 0.6 is 24.0 Å². The lowest BCUT2D eigenvalue weighted by Gasteiger charge is -2.11. The first kappa shape index (κ1) is 21.2. The Kier molecular flexibility index (Phi) is 11.9. The minimum absolute atomic E-state index is 0. The van der Waals surface area contributed by atoms with Gasteiger partial charge in [-0.2, -0.15) is 0 Å². The van der Waals surface area contributed by atoms with Crippen LogP contribution in [0, 0.1) is 5.92 Å². The van der Waals surface area contributed by atoms with E-state index in [-0.39, 0.29) is 24.0 Å². The van der Waals surface area contributed by atoms with E-state index in [2.05, 4.69) is 22.5 Å². The smallest absolute Gasteiger partial charge is 0.191 e. The van der Waals surface area contributed by atoms with Gasteiger partial charge in [-0.25, -0.2) is 0 Å². The lowest BCUT2D eigenvalue weighted by molar-refractivity contribution is 0.105. The predicted molar refractivity (Wildman–Crippen MR) is 106 cm³/mol. The predicted octanol–water partition coefficient (Wildman–Crippen LogP) is 2.79. The van der Waals surface area contributed by atoms with Crippen LogP contribution in [-0.2, 0) is 16.1 Å². The second kappa shape index (κ2) is 13.5. The number of guanidine groups is 1. The summed E-state index contributed by atoms with van der Waals surface area (Å²) in [5.74, 6) is 2.52. The van der Waals surface area contributed by atoms with Crippen molar-refractivity contribution in [1.82, 2.24) is 10.6 Å². The fourth-order valence-corrected chi connectivity index (χ4v) is 2.04. The molecule has 0 saturated heterocycles. The molecule has 1 aliphatic carbocycles. The lowest BCUT2D eigenvalue weighted by Crippen LogP contribution is -2.39. The Labute approximate surface area is 161 Å². The van der Waals surface area contributed by atoms with Gasteiger partial charge >= 0.3 is 0 Å². The Morgan fingerprint density at radius 2 is 2.17 bits per heavy atom. The zero-order valence-electron chi connectivity index (χ0n) is 14.5. The van der Waals surface area contributed by atoms with Gasteiger partial charge in [-0.1, -0.05) is 0 Å². The maximum Gasteiger partial charge on any atom is 0.191 e. The Bertz CT molecular complexity index is 436. The van der Waals surface area contributed by atoms with Gasteiger partial charge < -0.3 is 24.5 Å². The summed E-state index contributed by atoms with van der Waals surface area (Å²) in [5.41, 5.74) is 0. The van der Waals surface area contributed by atoms with E-state index in [1.165, 1.54) is 12.8 Å². The maximum atomic E-state index is 5.60. The Morgan fingerprint density at radius 3 is 2.88 bits per heavy atom. The van der Waals surface area contributed by atoms with Crippen LogP contribution in [0.25, 0.3) is 0 Å². The first-order chi connectivity index (χ1) is 11.4. The molecule has 1 saturated carbocycles. The third-order valence-corrected chi connectivity index (χ3v) is 3.47. The van der Waals surface area contributed by atoms with Gasteiger partial charge in [0.1, 0.15) is 12.4 Å². The van der Waals surface area contributed by atoms with E-state index in [9.17, 15) is 0 Å². The van der Waals surface area contributed by atoms with Crippen LogP contribution in [-0.4, -0.2) is 45.4 Å². The van der Waals surface area contributed by atoms with Crippen LogP contribution in [0.5, 0.6) is 0 Å². The van der Waals surface area contributed by atoms with Crippen molar-refractivity contribution in [3.63, 3.8) is 0 Å². The minimum Gasteiger partial charge on any atom is -0.467 e. The second-order valence-corrected chi connectivity index (χ2v) is 5.69. The molecule has 1 aliphatic rings. The van der Waals surface area contributed by atoms with Crippen molar-refractivity contribution in [2.24, 2.45) is 10.9 Å². The van der Waals surface area contributed by atoms with E-state index in [1.807, 2.05) is 12.1 Å². The molecule has 0 radical (unpaired) electrons. The van der Waals surface area contributed by atoms with Gasteiger partial charge in [0.2, 0.25) is 0 Å². The molecule has 1 aromatic heterocycles. The molecular formula is C17H30IN3O3. The summed E-state index contributed by atoms with van der Waals surface area (Å²) in [4.78, 5) is 4.53. The largest absolute Gasteiger partial charge is 0.467 e. The molecule has 0 aromatic carbocycles. The quantitative estimate of drug-likeness (QED) is 0.222. The molecule has 0 amide bonds. The van der Waals surface area contributed by atoms with Crippen LogP contribution in [0.4, 0.5) is 0 Å². The number of aliphatic imine (C=N–C) groups is 1. The lowest BCUT2D eigenvalue weighted by atomic mass is 10.4. The van der Waals surface area contributed by atoms with Crippen LogP contribution < -0.4 is 10.6 Å². The highest BCUT2D eigenvalue weighted by Crippen LogP contribution is 2.28. The van der Waals surface area contributed by atoms with Gasteiger partial charge in [-0.15, -0.1) is 24.0 Å². The fourth-order valence-electron chi connectivity index (χ4n) is 2.04. The van der Waals surface area contributed by atoms with E-state index in [4.69, 9.17) is 13.9 Å². The molecule has 0 spiro atoms. The molecule has 1 fully saturated rings. The van der Waals surface area contributed by atoms with Crippen molar-refractivity contribution in [2.75, 3.05) is 39.5 Å². The molecule has 24 heavy (non-hydrogen) atoms. The number of rotatable bonds is 12. The van der Waals surface area contributed by atoms with Crippen LogP contribution in [0.15, 0.2) is 27.8 Å². The summed E-state index contributed by atoms with van der Waals surface area (Å²) in [6, 6.07) is 3.78. The average molecular weight is 451 g/mol. The molecule has 6 nitrogen and oxygen atoms in total. The van der Waals surface area contributed by atoms with Crippen molar-refractivity contribution in [2.45, 2.75) is 32.8 Å². The molecule has 2 N–H and O–H groups in total. The highest BCUT2D eigenvalue weighted by atomic mass is 127. The number of furan rings is 1. The maximum absolute atomic E-state index is 5.60. The standard InChI is InChI=1S/C17H29N3O3.HI/c1-2-18-17(20-9-12-22-13-15-6-7-15)19-8-4-10-21-14-16-5-3-11-23-16;/h3,5,11,15H,2,4,6-10,12-14H2,1H3,(H2,18,19,20);1H. The normalized spacial score (nSPS) is 14.3. The summed E-state index contributed by atoms with van der Waals surface area (Å²) in [7, 11) is 0. The number of halogens is 1. The Morgan fingerprint density at radius 1 is 1.29 bits per heavy atom. The molecule has 0 aliphatic heterocycles. The summed E-state index contributed by atoms with van der Waals surface area (Å²) in [6.45, 7) is 7.26. The summed E-state index contributed by atoms with van der Waals surface area (Å²) >= 11 is 0. The minimum atomic E-state index is 0.